The van der Waals surface area contributed by atoms with E-state index in [4.69, 9.17) is 4.74 Å². The van der Waals surface area contributed by atoms with Gasteiger partial charge in [-0.05, 0) is 37.2 Å². The highest BCUT2D eigenvalue weighted by Gasteiger charge is 2.09. The number of benzene rings is 1. The molecule has 1 N–H and O–H groups in total. The highest BCUT2D eigenvalue weighted by atomic mass is 16.5. The molecule has 6 nitrogen and oxygen atoms in total. The first-order valence-electron chi connectivity index (χ1n) is 9.15. The first kappa shape index (κ1) is 18.4. The van der Waals surface area contributed by atoms with Crippen molar-refractivity contribution in [1.82, 2.24) is 19.5 Å². The van der Waals surface area contributed by atoms with E-state index in [0.29, 0.717) is 12.5 Å². The molecule has 2 heterocycles. The van der Waals surface area contributed by atoms with E-state index >= 15 is 0 Å². The minimum Gasteiger partial charge on any atom is -0.477 e. The number of hydrogen-bond donors (Lipinski definition) is 1. The quantitative estimate of drug-likeness (QED) is 0.599. The van der Waals surface area contributed by atoms with Crippen molar-refractivity contribution in [2.24, 2.45) is 0 Å². The Morgan fingerprint density at radius 1 is 1.15 bits per heavy atom. The van der Waals surface area contributed by atoms with E-state index in [1.54, 1.807) is 10.7 Å². The second-order valence-electron chi connectivity index (χ2n) is 6.17. The van der Waals surface area contributed by atoms with Gasteiger partial charge in [0.05, 0.1) is 25.1 Å². The average Bonchev–Trinajstić information content (AvgIpc) is 3.11. The van der Waals surface area contributed by atoms with Crippen molar-refractivity contribution in [2.75, 3.05) is 26.2 Å². The molecule has 0 radical (unpaired) electrons. The number of aliphatic hydroxyl groups is 1. The third-order valence-electron chi connectivity index (χ3n) is 4.51. The summed E-state index contributed by atoms with van der Waals surface area (Å²) in [6, 6.07) is 11.5. The fraction of sp³-hybridized carbons (Fsp3) is 0.400. The summed E-state index contributed by atoms with van der Waals surface area (Å²) in [6.07, 6.45) is 2.76. The lowest BCUT2D eigenvalue weighted by molar-refractivity contribution is 0.242. The van der Waals surface area contributed by atoms with Gasteiger partial charge >= 0.3 is 0 Å². The Kier molecular flexibility index (Phi) is 6.20. The second-order valence-corrected chi connectivity index (χ2v) is 6.17. The number of aromatic nitrogens is 3. The fourth-order valence-corrected chi connectivity index (χ4v) is 2.96. The predicted octanol–water partition coefficient (Wildman–Crippen LogP) is 3.00. The molecule has 0 fully saturated rings. The first-order chi connectivity index (χ1) is 12.7. The van der Waals surface area contributed by atoms with Gasteiger partial charge in [-0.1, -0.05) is 32.0 Å². The van der Waals surface area contributed by atoms with Crippen molar-refractivity contribution in [3.63, 3.8) is 0 Å². The third kappa shape index (κ3) is 4.20. The van der Waals surface area contributed by atoms with Crippen molar-refractivity contribution < 1.29 is 9.84 Å². The van der Waals surface area contributed by atoms with Crippen LogP contribution < -0.4 is 4.74 Å². The molecule has 3 aromatic rings. The molecule has 0 aliphatic rings. The Balaban J connectivity index is 1.73. The molecular formula is C20H26N4O2. The van der Waals surface area contributed by atoms with Crippen LogP contribution in [-0.2, 0) is 6.61 Å². The Morgan fingerprint density at radius 2 is 2.00 bits per heavy atom. The summed E-state index contributed by atoms with van der Waals surface area (Å²) in [4.78, 5) is 6.79. The lowest BCUT2D eigenvalue weighted by Gasteiger charge is -2.17. The van der Waals surface area contributed by atoms with Crippen molar-refractivity contribution in [1.29, 1.82) is 0 Å². The van der Waals surface area contributed by atoms with E-state index in [-0.39, 0.29) is 6.61 Å². The molecule has 0 saturated carbocycles. The zero-order valence-corrected chi connectivity index (χ0v) is 15.4. The number of nitrogens with zero attached hydrogens (tertiary/aromatic N) is 4. The number of ether oxygens (including phenoxy) is 1. The van der Waals surface area contributed by atoms with Crippen LogP contribution in [0.1, 0.15) is 25.8 Å². The zero-order chi connectivity index (χ0) is 18.4. The van der Waals surface area contributed by atoms with Crippen molar-refractivity contribution in [3.8, 4) is 17.1 Å². The SMILES string of the molecule is CCN(CC)CCCOc1ccc2ncc(-c3cccc(CO)c3)n2n1. The van der Waals surface area contributed by atoms with Crippen LogP contribution in [-0.4, -0.2) is 50.8 Å². The van der Waals surface area contributed by atoms with Crippen LogP contribution in [0.5, 0.6) is 5.88 Å². The molecule has 0 amide bonds. The Labute approximate surface area is 154 Å². The molecule has 3 rings (SSSR count). The maximum absolute atomic E-state index is 9.35. The van der Waals surface area contributed by atoms with Gasteiger partial charge in [-0.25, -0.2) is 9.50 Å². The van der Waals surface area contributed by atoms with Crippen LogP contribution in [0.3, 0.4) is 0 Å². The van der Waals surface area contributed by atoms with Crippen molar-refractivity contribution >= 4 is 5.65 Å². The van der Waals surface area contributed by atoms with Crippen molar-refractivity contribution in [2.45, 2.75) is 26.9 Å². The number of imidazole rings is 1. The van der Waals surface area contributed by atoms with Gasteiger partial charge in [0.15, 0.2) is 5.65 Å². The minimum atomic E-state index is 0.0128. The summed E-state index contributed by atoms with van der Waals surface area (Å²) < 4.78 is 7.62. The normalized spacial score (nSPS) is 11.4. The van der Waals surface area contributed by atoms with E-state index < -0.39 is 0 Å². The smallest absolute Gasteiger partial charge is 0.231 e. The Morgan fingerprint density at radius 3 is 2.77 bits per heavy atom. The maximum Gasteiger partial charge on any atom is 0.231 e. The molecule has 0 unspecified atom stereocenters. The van der Waals surface area contributed by atoms with Crippen LogP contribution in [0.2, 0.25) is 0 Å². The van der Waals surface area contributed by atoms with Crippen molar-refractivity contribution in [3.05, 3.63) is 48.2 Å². The molecule has 26 heavy (non-hydrogen) atoms. The largest absolute Gasteiger partial charge is 0.477 e. The molecule has 1 aromatic carbocycles. The maximum atomic E-state index is 9.35. The first-order valence-corrected chi connectivity index (χ1v) is 9.15. The van der Waals surface area contributed by atoms with Crippen LogP contribution in [0, 0.1) is 0 Å². The van der Waals surface area contributed by atoms with Crippen LogP contribution in [0.25, 0.3) is 16.9 Å². The molecule has 0 atom stereocenters. The second kappa shape index (κ2) is 8.78. The molecule has 138 valence electrons. The Hall–Kier alpha value is -2.44. The van der Waals surface area contributed by atoms with Crippen LogP contribution in [0.4, 0.5) is 0 Å². The number of aliphatic hydroxyl groups excluding tert-OH is 1. The molecule has 0 saturated heterocycles. The molecule has 2 aromatic heterocycles. The molecule has 0 aliphatic heterocycles. The number of rotatable bonds is 9. The van der Waals surface area contributed by atoms with Gasteiger partial charge in [0, 0.05) is 18.2 Å². The number of hydrogen-bond acceptors (Lipinski definition) is 5. The Bertz CT molecular complexity index is 843. The topological polar surface area (TPSA) is 62.9 Å². The van der Waals surface area contributed by atoms with Gasteiger partial charge in [0.1, 0.15) is 0 Å². The molecule has 0 spiro atoms. The molecule has 6 heteroatoms. The lowest BCUT2D eigenvalue weighted by Crippen LogP contribution is -2.25. The van der Waals surface area contributed by atoms with E-state index in [1.165, 1.54) is 0 Å². The van der Waals surface area contributed by atoms with Crippen LogP contribution >= 0.6 is 0 Å². The predicted molar refractivity (Wildman–Crippen MR) is 102 cm³/mol. The highest BCUT2D eigenvalue weighted by Crippen LogP contribution is 2.22. The van der Waals surface area contributed by atoms with Gasteiger partial charge in [-0.3, -0.25) is 0 Å². The lowest BCUT2D eigenvalue weighted by atomic mass is 10.1. The monoisotopic (exact) mass is 354 g/mol. The molecular weight excluding hydrogens is 328 g/mol. The van der Waals surface area contributed by atoms with E-state index in [2.05, 4.69) is 28.8 Å². The summed E-state index contributed by atoms with van der Waals surface area (Å²) in [5, 5.41) is 13.9. The molecule has 0 bridgehead atoms. The number of fused-ring (bicyclic) bond motifs is 1. The van der Waals surface area contributed by atoms with Gasteiger partial charge in [0.2, 0.25) is 5.88 Å². The van der Waals surface area contributed by atoms with Gasteiger partial charge in [-0.15, -0.1) is 5.10 Å². The van der Waals surface area contributed by atoms with E-state index in [1.807, 2.05) is 36.4 Å². The summed E-state index contributed by atoms with van der Waals surface area (Å²) in [6.45, 7) is 8.15. The standard InChI is InChI=1S/C20H26N4O2/c1-3-23(4-2)11-6-12-26-20-10-9-19-21-14-18(24(19)22-20)17-8-5-7-16(13-17)15-25/h5,7-10,13-14,25H,3-4,6,11-12,15H2,1-2H3. The average molecular weight is 354 g/mol. The van der Waals surface area contributed by atoms with Gasteiger partial charge in [-0.2, -0.15) is 0 Å². The van der Waals surface area contributed by atoms with E-state index in [9.17, 15) is 5.11 Å². The zero-order valence-electron chi connectivity index (χ0n) is 15.4. The highest BCUT2D eigenvalue weighted by molar-refractivity contribution is 5.63. The van der Waals surface area contributed by atoms with Gasteiger partial charge in [0.25, 0.3) is 0 Å². The van der Waals surface area contributed by atoms with E-state index in [0.717, 1.165) is 48.5 Å². The van der Waals surface area contributed by atoms with Gasteiger partial charge < -0.3 is 14.7 Å². The summed E-state index contributed by atoms with van der Waals surface area (Å²) in [5.74, 6) is 0.592. The summed E-state index contributed by atoms with van der Waals surface area (Å²) >= 11 is 0. The molecule has 0 aliphatic carbocycles. The summed E-state index contributed by atoms with van der Waals surface area (Å²) in [5.41, 5.74) is 3.48. The third-order valence-corrected chi connectivity index (χ3v) is 4.51. The summed E-state index contributed by atoms with van der Waals surface area (Å²) in [7, 11) is 0. The van der Waals surface area contributed by atoms with Crippen LogP contribution in [0.15, 0.2) is 42.6 Å². The minimum absolute atomic E-state index is 0.0128. The fourth-order valence-electron chi connectivity index (χ4n) is 2.96.